The van der Waals surface area contributed by atoms with Crippen LogP contribution in [0.1, 0.15) is 0 Å². The lowest BCUT2D eigenvalue weighted by Crippen LogP contribution is -2.62. The van der Waals surface area contributed by atoms with Gasteiger partial charge in [0.15, 0.2) is 0 Å². The minimum Gasteiger partial charge on any atom is -0.314 e. The highest BCUT2D eigenvalue weighted by Gasteiger charge is 2.66. The molecular formula is C4H4F4O. The molecule has 0 aromatic carbocycles. The molecular weight excluding hydrogens is 140 g/mol. The Balaban J connectivity index is 2.62. The summed E-state index contributed by atoms with van der Waals surface area (Å²) in [5.74, 6) is 0. The highest BCUT2D eigenvalue weighted by molar-refractivity contribution is 4.95. The van der Waals surface area contributed by atoms with Gasteiger partial charge < -0.3 is 4.74 Å². The lowest BCUT2D eigenvalue weighted by Gasteiger charge is -2.39. The van der Waals surface area contributed by atoms with E-state index >= 15 is 0 Å². The number of hydrogen-bond donors (Lipinski definition) is 0. The van der Waals surface area contributed by atoms with Crippen molar-refractivity contribution in [3.05, 3.63) is 0 Å². The Kier molecular flexibility index (Phi) is 1.20. The zero-order valence-electron chi connectivity index (χ0n) is 4.33. The van der Waals surface area contributed by atoms with Crippen LogP contribution in [-0.2, 0) is 4.74 Å². The minimum atomic E-state index is -3.91. The van der Waals surface area contributed by atoms with Crippen LogP contribution in [-0.4, -0.2) is 25.1 Å². The quantitative estimate of drug-likeness (QED) is 0.504. The monoisotopic (exact) mass is 144 g/mol. The summed E-state index contributed by atoms with van der Waals surface area (Å²) < 4.78 is 50.5. The van der Waals surface area contributed by atoms with Crippen LogP contribution >= 0.6 is 0 Å². The second kappa shape index (κ2) is 1.59. The van der Waals surface area contributed by atoms with Crippen LogP contribution in [0.3, 0.4) is 0 Å². The molecule has 0 radical (unpaired) electrons. The molecule has 0 amide bonds. The van der Waals surface area contributed by atoms with Crippen LogP contribution < -0.4 is 0 Å². The summed E-state index contributed by atoms with van der Waals surface area (Å²) in [4.78, 5) is 0. The van der Waals surface area contributed by atoms with Crippen LogP contribution in [0.25, 0.3) is 0 Å². The molecule has 9 heavy (non-hydrogen) atoms. The van der Waals surface area contributed by atoms with E-state index in [0.29, 0.717) is 0 Å². The highest BCUT2D eigenvalue weighted by atomic mass is 19.3. The minimum absolute atomic E-state index is 0.851. The summed E-state index contributed by atoms with van der Waals surface area (Å²) in [5, 5.41) is 0. The van der Waals surface area contributed by atoms with E-state index in [-0.39, 0.29) is 0 Å². The smallest absolute Gasteiger partial charge is 0.314 e. The van der Waals surface area contributed by atoms with Crippen molar-refractivity contribution in [3.8, 4) is 0 Å². The first-order chi connectivity index (χ1) is 4.02. The summed E-state index contributed by atoms with van der Waals surface area (Å²) in [6.45, 7) is -2.55. The molecule has 0 aromatic rings. The molecule has 0 aliphatic carbocycles. The first-order valence-corrected chi connectivity index (χ1v) is 2.28. The van der Waals surface area contributed by atoms with Gasteiger partial charge in [0.2, 0.25) is 0 Å². The van der Waals surface area contributed by atoms with Crippen LogP contribution in [0.4, 0.5) is 17.6 Å². The highest BCUT2D eigenvalue weighted by Crippen LogP contribution is 2.43. The first-order valence-electron chi connectivity index (χ1n) is 2.28. The zero-order chi connectivity index (χ0) is 7.12. The number of rotatable bonds is 1. The Morgan fingerprint density at radius 2 is 1.89 bits per heavy atom. The number of alkyl halides is 4. The van der Waals surface area contributed by atoms with E-state index < -0.39 is 25.1 Å². The Morgan fingerprint density at radius 3 is 1.89 bits per heavy atom. The maximum Gasteiger partial charge on any atom is 0.394 e. The van der Waals surface area contributed by atoms with Gasteiger partial charge in [0, 0.05) is 0 Å². The Morgan fingerprint density at radius 1 is 1.33 bits per heavy atom. The molecule has 1 atom stereocenters. The Hall–Kier alpha value is -0.320. The fraction of sp³-hybridized carbons (Fsp3) is 1.00. The molecule has 0 spiro atoms. The lowest BCUT2D eigenvalue weighted by atomic mass is 10.0. The second-order valence-electron chi connectivity index (χ2n) is 1.90. The standard InChI is InChI=1S/C4H4F4O/c5-1-3(6)2-9-4(3,7)8/h1-2H2. The van der Waals surface area contributed by atoms with Crippen molar-refractivity contribution >= 4 is 0 Å². The molecule has 0 aromatic heterocycles. The maximum absolute atomic E-state index is 12.2. The van der Waals surface area contributed by atoms with Crippen molar-refractivity contribution in [3.63, 3.8) is 0 Å². The van der Waals surface area contributed by atoms with E-state index in [1.165, 1.54) is 0 Å². The molecule has 1 fully saturated rings. The third-order valence-corrected chi connectivity index (χ3v) is 1.22. The third kappa shape index (κ3) is 0.710. The molecule has 1 heterocycles. The normalized spacial score (nSPS) is 40.0. The largest absolute Gasteiger partial charge is 0.394 e. The van der Waals surface area contributed by atoms with E-state index in [2.05, 4.69) is 4.74 Å². The first kappa shape index (κ1) is 6.80. The second-order valence-corrected chi connectivity index (χ2v) is 1.90. The van der Waals surface area contributed by atoms with Crippen molar-refractivity contribution in [2.24, 2.45) is 0 Å². The fourth-order valence-corrected chi connectivity index (χ4v) is 0.454. The molecule has 1 aliphatic heterocycles. The Bertz CT molecular complexity index is 122. The molecule has 1 nitrogen and oxygen atoms in total. The molecule has 1 rings (SSSR count). The summed E-state index contributed by atoms with van der Waals surface area (Å²) in [7, 11) is 0. The average molecular weight is 144 g/mol. The van der Waals surface area contributed by atoms with Crippen molar-refractivity contribution in [2.45, 2.75) is 11.8 Å². The molecule has 1 unspecified atom stereocenters. The predicted octanol–water partition coefficient (Wildman–Crippen LogP) is 1.29. The topological polar surface area (TPSA) is 9.23 Å². The van der Waals surface area contributed by atoms with Crippen molar-refractivity contribution in [2.75, 3.05) is 13.3 Å². The lowest BCUT2D eigenvalue weighted by molar-refractivity contribution is -0.404. The van der Waals surface area contributed by atoms with Gasteiger partial charge in [-0.25, -0.2) is 8.78 Å². The van der Waals surface area contributed by atoms with E-state index in [0.717, 1.165) is 0 Å². The fourth-order valence-electron chi connectivity index (χ4n) is 0.454. The van der Waals surface area contributed by atoms with E-state index in [9.17, 15) is 17.6 Å². The van der Waals surface area contributed by atoms with Crippen molar-refractivity contribution in [1.29, 1.82) is 0 Å². The number of halogens is 4. The molecule has 5 heteroatoms. The van der Waals surface area contributed by atoms with Crippen molar-refractivity contribution in [1.82, 2.24) is 0 Å². The van der Waals surface area contributed by atoms with E-state index in [1.807, 2.05) is 0 Å². The van der Waals surface area contributed by atoms with E-state index in [4.69, 9.17) is 0 Å². The van der Waals surface area contributed by atoms with Crippen LogP contribution in [0.5, 0.6) is 0 Å². The van der Waals surface area contributed by atoms with Gasteiger partial charge in [-0.15, -0.1) is 0 Å². The zero-order valence-corrected chi connectivity index (χ0v) is 4.33. The molecule has 0 N–H and O–H groups in total. The van der Waals surface area contributed by atoms with Crippen LogP contribution in [0.2, 0.25) is 0 Å². The van der Waals surface area contributed by atoms with Gasteiger partial charge >= 0.3 is 6.11 Å². The van der Waals surface area contributed by atoms with Gasteiger partial charge in [-0.2, -0.15) is 8.78 Å². The SMILES string of the molecule is FCC1(F)COC1(F)F. The summed E-state index contributed by atoms with van der Waals surface area (Å²) in [6, 6.07) is 0. The molecule has 0 saturated carbocycles. The summed E-state index contributed by atoms with van der Waals surface area (Å²) in [6.07, 6.45) is -3.91. The summed E-state index contributed by atoms with van der Waals surface area (Å²) in [5.41, 5.74) is -3.06. The molecule has 1 aliphatic rings. The van der Waals surface area contributed by atoms with Crippen LogP contribution in [0.15, 0.2) is 0 Å². The van der Waals surface area contributed by atoms with Gasteiger partial charge in [0.25, 0.3) is 5.67 Å². The number of ether oxygens (including phenoxy) is 1. The van der Waals surface area contributed by atoms with Crippen LogP contribution in [0, 0.1) is 0 Å². The average Bonchev–Trinajstić information content (AvgIpc) is 1.84. The van der Waals surface area contributed by atoms with Gasteiger partial charge in [-0.1, -0.05) is 0 Å². The molecule has 0 bridgehead atoms. The van der Waals surface area contributed by atoms with E-state index in [1.54, 1.807) is 0 Å². The Labute approximate surface area is 48.6 Å². The van der Waals surface area contributed by atoms with Gasteiger partial charge in [-0.05, 0) is 0 Å². The molecule has 54 valence electrons. The van der Waals surface area contributed by atoms with Gasteiger partial charge in [0.1, 0.15) is 6.67 Å². The number of hydrogen-bond acceptors (Lipinski definition) is 1. The third-order valence-electron chi connectivity index (χ3n) is 1.22. The van der Waals surface area contributed by atoms with Gasteiger partial charge in [-0.3, -0.25) is 0 Å². The predicted molar refractivity (Wildman–Crippen MR) is 20.7 cm³/mol. The molecule has 1 saturated heterocycles. The van der Waals surface area contributed by atoms with Gasteiger partial charge in [0.05, 0.1) is 6.61 Å². The maximum atomic E-state index is 12.2. The van der Waals surface area contributed by atoms with Crippen molar-refractivity contribution < 1.29 is 22.3 Å². The summed E-state index contributed by atoms with van der Waals surface area (Å²) >= 11 is 0.